The molecule has 2 aliphatic rings. The van der Waals surface area contributed by atoms with E-state index in [4.69, 9.17) is 5.26 Å². The lowest BCUT2D eigenvalue weighted by molar-refractivity contribution is 0.298. The van der Waals surface area contributed by atoms with Crippen molar-refractivity contribution in [1.29, 1.82) is 5.26 Å². The van der Waals surface area contributed by atoms with Crippen molar-refractivity contribution < 1.29 is 0 Å². The predicted octanol–water partition coefficient (Wildman–Crippen LogP) is 1.22. The van der Waals surface area contributed by atoms with Gasteiger partial charge in [-0.3, -0.25) is 4.90 Å². The van der Waals surface area contributed by atoms with Gasteiger partial charge in [0, 0.05) is 38.4 Å². The van der Waals surface area contributed by atoms with Gasteiger partial charge in [0.1, 0.15) is 11.8 Å². The molecule has 0 aliphatic carbocycles. The summed E-state index contributed by atoms with van der Waals surface area (Å²) in [4.78, 5) is 2.61. The zero-order chi connectivity index (χ0) is 12.5. The van der Waals surface area contributed by atoms with Crippen molar-refractivity contribution in [2.45, 2.75) is 37.9 Å². The van der Waals surface area contributed by atoms with Crippen LogP contribution in [-0.2, 0) is 13.6 Å². The lowest BCUT2D eigenvalue weighted by Gasteiger charge is -2.21. The van der Waals surface area contributed by atoms with Crippen molar-refractivity contribution in [2.24, 2.45) is 7.05 Å². The van der Waals surface area contributed by atoms with Gasteiger partial charge in [-0.1, -0.05) is 0 Å². The van der Waals surface area contributed by atoms with E-state index in [9.17, 15) is 0 Å². The van der Waals surface area contributed by atoms with Gasteiger partial charge in [0.2, 0.25) is 0 Å². The Morgan fingerprint density at radius 2 is 2.33 bits per heavy atom. The first-order valence-corrected chi connectivity index (χ1v) is 6.80. The number of nitrogens with one attached hydrogen (secondary N) is 1. The minimum atomic E-state index is 0.637. The molecule has 0 bridgehead atoms. The first-order valence-electron chi connectivity index (χ1n) is 6.80. The van der Waals surface area contributed by atoms with Gasteiger partial charge in [0.05, 0.1) is 0 Å². The molecule has 2 saturated heterocycles. The minimum absolute atomic E-state index is 0.637. The van der Waals surface area contributed by atoms with Crippen molar-refractivity contribution >= 4 is 0 Å². The molecule has 2 fully saturated rings. The third kappa shape index (κ3) is 2.05. The molecule has 0 aromatic carbocycles. The van der Waals surface area contributed by atoms with Gasteiger partial charge >= 0.3 is 0 Å². The summed E-state index contributed by atoms with van der Waals surface area (Å²) in [5.74, 6) is 0. The normalized spacial score (nSPS) is 27.3. The fourth-order valence-corrected chi connectivity index (χ4v) is 3.41. The van der Waals surface area contributed by atoms with Crippen molar-refractivity contribution in [2.75, 3.05) is 13.1 Å². The Labute approximate surface area is 108 Å². The molecular weight excluding hydrogens is 224 g/mol. The molecule has 96 valence electrons. The highest BCUT2D eigenvalue weighted by atomic mass is 15.2. The fourth-order valence-electron chi connectivity index (χ4n) is 3.41. The van der Waals surface area contributed by atoms with Crippen LogP contribution in [0.2, 0.25) is 0 Å². The van der Waals surface area contributed by atoms with Gasteiger partial charge in [-0.2, -0.15) is 5.26 Å². The topological polar surface area (TPSA) is 44.0 Å². The summed E-state index contributed by atoms with van der Waals surface area (Å²) in [6, 6.07) is 5.58. The maximum atomic E-state index is 8.94. The third-order valence-electron chi connectivity index (χ3n) is 4.35. The Kier molecular flexibility index (Phi) is 3.11. The average molecular weight is 244 g/mol. The number of hydrogen-bond donors (Lipinski definition) is 1. The van der Waals surface area contributed by atoms with E-state index in [-0.39, 0.29) is 0 Å². The van der Waals surface area contributed by atoms with Crippen LogP contribution in [0.15, 0.2) is 12.3 Å². The molecule has 3 heterocycles. The summed E-state index contributed by atoms with van der Waals surface area (Å²) < 4.78 is 1.90. The number of nitriles is 1. The molecule has 2 aliphatic heterocycles. The summed E-state index contributed by atoms with van der Waals surface area (Å²) >= 11 is 0. The van der Waals surface area contributed by atoms with Crippen LogP contribution in [0.5, 0.6) is 0 Å². The lowest BCUT2D eigenvalue weighted by atomic mass is 10.1. The van der Waals surface area contributed by atoms with Gasteiger partial charge in [-0.25, -0.2) is 0 Å². The second-order valence-electron chi connectivity index (χ2n) is 5.48. The van der Waals surface area contributed by atoms with Crippen LogP contribution in [0.25, 0.3) is 0 Å². The molecule has 3 rings (SSSR count). The van der Waals surface area contributed by atoms with E-state index in [1.54, 1.807) is 0 Å². The standard InChI is InChI=1S/C14H20N4/c1-17-10-11(7-12(17)8-15)9-16-13-4-6-18-5-2-3-14(13)18/h7,10,13-14,16H,2-6,9H2,1H3. The van der Waals surface area contributed by atoms with E-state index in [0.29, 0.717) is 6.04 Å². The fraction of sp³-hybridized carbons (Fsp3) is 0.643. The zero-order valence-electron chi connectivity index (χ0n) is 10.9. The number of rotatable bonds is 3. The van der Waals surface area contributed by atoms with Gasteiger partial charge < -0.3 is 9.88 Å². The lowest BCUT2D eigenvalue weighted by Crippen LogP contribution is -2.38. The van der Waals surface area contributed by atoms with Gasteiger partial charge in [0.15, 0.2) is 0 Å². The molecule has 2 unspecified atom stereocenters. The van der Waals surface area contributed by atoms with Gasteiger partial charge in [-0.15, -0.1) is 0 Å². The first kappa shape index (κ1) is 11.8. The predicted molar refractivity (Wildman–Crippen MR) is 70.0 cm³/mol. The van der Waals surface area contributed by atoms with E-state index < -0.39 is 0 Å². The van der Waals surface area contributed by atoms with E-state index in [1.165, 1.54) is 37.9 Å². The molecule has 2 atom stereocenters. The number of hydrogen-bond acceptors (Lipinski definition) is 3. The molecule has 0 amide bonds. The monoisotopic (exact) mass is 244 g/mol. The molecule has 1 aromatic rings. The van der Waals surface area contributed by atoms with Crippen LogP contribution < -0.4 is 5.32 Å². The van der Waals surface area contributed by atoms with Crippen LogP contribution in [-0.4, -0.2) is 34.6 Å². The number of fused-ring (bicyclic) bond motifs is 1. The first-order chi connectivity index (χ1) is 8.78. The third-order valence-corrected chi connectivity index (χ3v) is 4.35. The maximum absolute atomic E-state index is 8.94. The molecule has 4 nitrogen and oxygen atoms in total. The highest BCUT2D eigenvalue weighted by Gasteiger charge is 2.36. The number of aromatic nitrogens is 1. The highest BCUT2D eigenvalue weighted by Crippen LogP contribution is 2.28. The highest BCUT2D eigenvalue weighted by molar-refractivity contribution is 5.28. The largest absolute Gasteiger partial charge is 0.342 e. The Balaban J connectivity index is 1.59. The van der Waals surface area contributed by atoms with Gasteiger partial charge in [-0.05, 0) is 37.4 Å². The molecule has 4 heteroatoms. The summed E-state index contributed by atoms with van der Waals surface area (Å²) in [6.45, 7) is 3.41. The molecule has 0 spiro atoms. The van der Waals surface area contributed by atoms with E-state index in [0.717, 1.165) is 18.3 Å². The Morgan fingerprint density at radius 3 is 3.11 bits per heavy atom. The molecule has 1 aromatic heterocycles. The van der Waals surface area contributed by atoms with E-state index >= 15 is 0 Å². The molecule has 0 saturated carbocycles. The second-order valence-corrected chi connectivity index (χ2v) is 5.48. The Hall–Kier alpha value is -1.31. The van der Waals surface area contributed by atoms with Crippen LogP contribution in [0.4, 0.5) is 0 Å². The summed E-state index contributed by atoms with van der Waals surface area (Å²) in [6.07, 6.45) is 6.01. The van der Waals surface area contributed by atoms with Crippen LogP contribution in [0.1, 0.15) is 30.5 Å². The average Bonchev–Trinajstić information content (AvgIpc) is 3.01. The van der Waals surface area contributed by atoms with Crippen molar-refractivity contribution in [1.82, 2.24) is 14.8 Å². The van der Waals surface area contributed by atoms with Crippen molar-refractivity contribution in [3.05, 3.63) is 23.5 Å². The maximum Gasteiger partial charge on any atom is 0.120 e. The van der Waals surface area contributed by atoms with E-state index in [1.807, 2.05) is 23.9 Å². The van der Waals surface area contributed by atoms with Crippen LogP contribution >= 0.6 is 0 Å². The second kappa shape index (κ2) is 4.75. The van der Waals surface area contributed by atoms with Gasteiger partial charge in [0.25, 0.3) is 0 Å². The molecular formula is C14H20N4. The molecule has 18 heavy (non-hydrogen) atoms. The summed E-state index contributed by atoms with van der Waals surface area (Å²) in [5, 5.41) is 12.6. The van der Waals surface area contributed by atoms with E-state index in [2.05, 4.69) is 16.3 Å². The van der Waals surface area contributed by atoms with Crippen LogP contribution in [0, 0.1) is 11.3 Å². The van der Waals surface area contributed by atoms with Crippen molar-refractivity contribution in [3.8, 4) is 6.07 Å². The minimum Gasteiger partial charge on any atom is -0.342 e. The molecule has 1 N–H and O–H groups in total. The molecule has 0 radical (unpaired) electrons. The number of aryl methyl sites for hydroxylation is 1. The summed E-state index contributed by atoms with van der Waals surface area (Å²) in [7, 11) is 1.93. The quantitative estimate of drug-likeness (QED) is 0.869. The Bertz CT molecular complexity index is 471. The Morgan fingerprint density at radius 1 is 1.44 bits per heavy atom. The van der Waals surface area contributed by atoms with Crippen LogP contribution in [0.3, 0.4) is 0 Å². The SMILES string of the molecule is Cn1cc(CNC2CCN3CCCC23)cc1C#N. The zero-order valence-corrected chi connectivity index (χ0v) is 10.9. The van der Waals surface area contributed by atoms with Crippen molar-refractivity contribution in [3.63, 3.8) is 0 Å². The summed E-state index contributed by atoms with van der Waals surface area (Å²) in [5.41, 5.74) is 1.95. The smallest absolute Gasteiger partial charge is 0.120 e. The number of nitrogens with zero attached hydrogens (tertiary/aromatic N) is 3.